The molecule has 1 aliphatic heterocycles. The Kier molecular flexibility index (Phi) is 3.57. The third-order valence-corrected chi connectivity index (χ3v) is 5.96. The quantitative estimate of drug-likeness (QED) is 0.391. The molecule has 0 saturated heterocycles. The third-order valence-electron chi connectivity index (χ3n) is 5.48. The van der Waals surface area contributed by atoms with Crippen molar-refractivity contribution in [2.75, 3.05) is 4.90 Å². The van der Waals surface area contributed by atoms with Crippen molar-refractivity contribution in [3.63, 3.8) is 0 Å². The average molecular weight is 406 g/mol. The molecule has 1 unspecified atom stereocenters. The molecule has 5 rings (SSSR count). The smallest absolute Gasteiger partial charge is 0.250 e. The molecule has 3 heterocycles. The number of thiol groups is 1. The summed E-state index contributed by atoms with van der Waals surface area (Å²) in [4.78, 5) is 34.0. The van der Waals surface area contributed by atoms with E-state index in [0.29, 0.717) is 22.7 Å². The lowest BCUT2D eigenvalue weighted by Crippen LogP contribution is -2.46. The van der Waals surface area contributed by atoms with Crippen LogP contribution < -0.4 is 10.6 Å². The van der Waals surface area contributed by atoms with E-state index in [4.69, 9.17) is 5.73 Å². The Balaban J connectivity index is 1.70. The molecule has 29 heavy (non-hydrogen) atoms. The van der Waals surface area contributed by atoms with Gasteiger partial charge in [0.25, 0.3) is 5.91 Å². The van der Waals surface area contributed by atoms with Gasteiger partial charge in [0.15, 0.2) is 11.2 Å². The lowest BCUT2D eigenvalue weighted by atomic mass is 9.86. The number of primary amides is 1. The van der Waals surface area contributed by atoms with Crippen molar-refractivity contribution in [3.8, 4) is 11.5 Å². The van der Waals surface area contributed by atoms with E-state index in [1.54, 1.807) is 6.07 Å². The number of amides is 2. The number of nitrogens with zero attached hydrogens (tertiary/aromatic N) is 3. The van der Waals surface area contributed by atoms with E-state index in [9.17, 15) is 9.59 Å². The maximum atomic E-state index is 13.0. The fourth-order valence-corrected chi connectivity index (χ4v) is 4.13. The number of aromatic amines is 2. The topological polar surface area (TPSA) is 121 Å². The van der Waals surface area contributed by atoms with Gasteiger partial charge in [0, 0.05) is 5.39 Å². The van der Waals surface area contributed by atoms with Crippen molar-refractivity contribution in [2.45, 2.75) is 24.6 Å². The highest BCUT2D eigenvalue weighted by atomic mass is 32.1. The first-order valence-corrected chi connectivity index (χ1v) is 9.59. The first-order valence-electron chi connectivity index (χ1n) is 9.08. The van der Waals surface area contributed by atoms with E-state index in [1.165, 1.54) is 4.90 Å². The molecule has 0 aliphatic carbocycles. The lowest BCUT2D eigenvalue weighted by Gasteiger charge is -2.23. The number of para-hydroxylation sites is 1. The largest absolute Gasteiger partial charge is 0.367 e. The number of fused-ring (bicyclic) bond motifs is 3. The molecule has 0 bridgehead atoms. The zero-order valence-electron chi connectivity index (χ0n) is 15.7. The predicted molar refractivity (Wildman–Crippen MR) is 114 cm³/mol. The molecular weight excluding hydrogens is 388 g/mol. The summed E-state index contributed by atoms with van der Waals surface area (Å²) < 4.78 is 0. The summed E-state index contributed by atoms with van der Waals surface area (Å²) in [5, 5.41) is 7.31. The van der Waals surface area contributed by atoms with Crippen LogP contribution in [0.5, 0.6) is 0 Å². The Morgan fingerprint density at radius 2 is 2.00 bits per heavy atom. The molecule has 0 fully saturated rings. The van der Waals surface area contributed by atoms with Gasteiger partial charge in [-0.1, -0.05) is 18.2 Å². The summed E-state index contributed by atoms with van der Waals surface area (Å²) >= 11 is 4.26. The van der Waals surface area contributed by atoms with Gasteiger partial charge in [-0.05, 0) is 37.6 Å². The van der Waals surface area contributed by atoms with Gasteiger partial charge in [-0.15, -0.1) is 12.6 Å². The number of H-pyrrole nitrogens is 2. The monoisotopic (exact) mass is 406 g/mol. The molecule has 2 amide bonds. The molecule has 0 saturated carbocycles. The molecule has 1 aliphatic rings. The van der Waals surface area contributed by atoms with Gasteiger partial charge in [0.1, 0.15) is 5.69 Å². The second kappa shape index (κ2) is 5.84. The van der Waals surface area contributed by atoms with E-state index in [2.05, 4.69) is 32.8 Å². The molecule has 2 aromatic heterocycles. The summed E-state index contributed by atoms with van der Waals surface area (Å²) in [6.07, 6.45) is 0. The van der Waals surface area contributed by atoms with Crippen LogP contribution in [0.4, 0.5) is 5.69 Å². The highest BCUT2D eigenvalue weighted by molar-refractivity contribution is 7.82. The fraction of sp³-hybridized carbons (Fsp3) is 0.200. The molecule has 1 atom stereocenters. The van der Waals surface area contributed by atoms with Crippen LogP contribution >= 0.6 is 12.6 Å². The minimum atomic E-state index is -1.05. The number of carbonyl (C=O) groups excluding carboxylic acids is 2. The Hall–Kier alpha value is -3.33. The van der Waals surface area contributed by atoms with E-state index in [1.807, 2.05) is 44.2 Å². The first-order chi connectivity index (χ1) is 13.8. The van der Waals surface area contributed by atoms with Gasteiger partial charge in [-0.25, -0.2) is 4.98 Å². The summed E-state index contributed by atoms with van der Waals surface area (Å²) in [5.41, 5.74) is 9.06. The number of hydrogen-bond acceptors (Lipinski definition) is 5. The number of anilines is 1. The molecular formula is C20H18N6O2S. The van der Waals surface area contributed by atoms with Crippen LogP contribution in [0, 0.1) is 0 Å². The van der Waals surface area contributed by atoms with Gasteiger partial charge < -0.3 is 10.7 Å². The van der Waals surface area contributed by atoms with E-state index in [0.717, 1.165) is 22.0 Å². The van der Waals surface area contributed by atoms with Crippen LogP contribution in [0.2, 0.25) is 0 Å². The number of hydrogen-bond donors (Lipinski definition) is 4. The number of aromatic nitrogens is 4. The standard InChI is InChI=1S/C20H18N6O2S/c1-20(2)10-7-12-13(8-14(10)26(19(20)28)18(29)16(21)27)23-17(22-12)15-9-5-3-4-6-11(9)24-25-15/h3-8,18,29H,1-2H3,(H2,21,27)(H,22,23)(H,24,25). The Bertz CT molecular complexity index is 1320. The highest BCUT2D eigenvalue weighted by Crippen LogP contribution is 2.45. The van der Waals surface area contributed by atoms with Crippen molar-refractivity contribution in [3.05, 3.63) is 42.0 Å². The summed E-state index contributed by atoms with van der Waals surface area (Å²) in [6.45, 7) is 3.64. The van der Waals surface area contributed by atoms with Crippen LogP contribution in [0.1, 0.15) is 19.4 Å². The lowest BCUT2D eigenvalue weighted by molar-refractivity contribution is -0.125. The summed E-state index contributed by atoms with van der Waals surface area (Å²) in [5.74, 6) is -0.289. The Morgan fingerprint density at radius 1 is 1.24 bits per heavy atom. The number of carbonyl (C=O) groups is 2. The minimum Gasteiger partial charge on any atom is -0.367 e. The summed E-state index contributed by atoms with van der Waals surface area (Å²) in [7, 11) is 0. The maximum absolute atomic E-state index is 13.0. The SMILES string of the molecule is CC1(C)C(=O)N(C(S)C(N)=O)c2cc3nc(-c4n[nH]c5ccccc45)[nH]c3cc21. The van der Waals surface area contributed by atoms with Gasteiger partial charge in [0.05, 0.1) is 27.7 Å². The van der Waals surface area contributed by atoms with Gasteiger partial charge in [0.2, 0.25) is 5.91 Å². The van der Waals surface area contributed by atoms with Crippen molar-refractivity contribution < 1.29 is 9.59 Å². The second-order valence-electron chi connectivity index (χ2n) is 7.67. The van der Waals surface area contributed by atoms with E-state index >= 15 is 0 Å². The number of imidazole rings is 1. The van der Waals surface area contributed by atoms with Crippen molar-refractivity contribution in [2.24, 2.45) is 5.73 Å². The maximum Gasteiger partial charge on any atom is 0.250 e. The van der Waals surface area contributed by atoms with Crippen LogP contribution in [0.25, 0.3) is 33.5 Å². The fourth-order valence-electron chi connectivity index (χ4n) is 3.90. The number of nitrogens with one attached hydrogen (secondary N) is 2. The Morgan fingerprint density at radius 3 is 2.76 bits per heavy atom. The van der Waals surface area contributed by atoms with Gasteiger partial charge in [-0.2, -0.15) is 5.10 Å². The molecule has 4 aromatic rings. The molecule has 0 radical (unpaired) electrons. The second-order valence-corrected chi connectivity index (χ2v) is 8.16. The zero-order chi connectivity index (χ0) is 20.5. The minimum absolute atomic E-state index is 0.225. The van der Waals surface area contributed by atoms with Crippen LogP contribution in [-0.2, 0) is 15.0 Å². The van der Waals surface area contributed by atoms with Crippen LogP contribution in [0.15, 0.2) is 36.4 Å². The zero-order valence-corrected chi connectivity index (χ0v) is 16.6. The van der Waals surface area contributed by atoms with E-state index in [-0.39, 0.29) is 5.91 Å². The van der Waals surface area contributed by atoms with Gasteiger partial charge in [-0.3, -0.25) is 19.6 Å². The molecule has 8 nitrogen and oxygen atoms in total. The molecule has 2 aromatic carbocycles. The van der Waals surface area contributed by atoms with Crippen molar-refractivity contribution in [1.29, 1.82) is 0 Å². The normalized spacial score (nSPS) is 16.5. The molecule has 9 heteroatoms. The Labute approximate surface area is 170 Å². The number of nitrogens with two attached hydrogens (primary N) is 1. The predicted octanol–water partition coefficient (Wildman–Crippen LogP) is 2.47. The molecule has 146 valence electrons. The number of rotatable bonds is 3. The van der Waals surface area contributed by atoms with E-state index < -0.39 is 16.7 Å². The van der Waals surface area contributed by atoms with Gasteiger partial charge >= 0.3 is 0 Å². The summed E-state index contributed by atoms with van der Waals surface area (Å²) in [6, 6.07) is 11.5. The van der Waals surface area contributed by atoms with Crippen LogP contribution in [0.3, 0.4) is 0 Å². The molecule has 0 spiro atoms. The van der Waals surface area contributed by atoms with Crippen molar-refractivity contribution >= 4 is 52.1 Å². The molecule has 4 N–H and O–H groups in total. The van der Waals surface area contributed by atoms with Crippen molar-refractivity contribution in [1.82, 2.24) is 20.2 Å². The third kappa shape index (κ3) is 2.40. The number of benzene rings is 2. The average Bonchev–Trinajstić information content (AvgIpc) is 3.34. The highest BCUT2D eigenvalue weighted by Gasteiger charge is 2.47. The first kappa shape index (κ1) is 17.7. The van der Waals surface area contributed by atoms with Crippen LogP contribution in [-0.4, -0.2) is 37.4 Å².